The van der Waals surface area contributed by atoms with Crippen LogP contribution in [-0.2, 0) is 22.6 Å². The highest BCUT2D eigenvalue weighted by molar-refractivity contribution is 5.97. The van der Waals surface area contributed by atoms with E-state index in [9.17, 15) is 9.59 Å². The Morgan fingerprint density at radius 1 is 1.00 bits per heavy atom. The number of H-pyrrole nitrogens is 1. The zero-order valence-corrected chi connectivity index (χ0v) is 14.6. The molecule has 5 heteroatoms. The van der Waals surface area contributed by atoms with Crippen LogP contribution in [0.4, 0.5) is 0 Å². The van der Waals surface area contributed by atoms with Crippen LogP contribution in [0.25, 0.3) is 10.9 Å². The number of para-hydroxylation sites is 1. The highest BCUT2D eigenvalue weighted by atomic mass is 16.2. The lowest BCUT2D eigenvalue weighted by molar-refractivity contribution is -0.149. The minimum absolute atomic E-state index is 0.0359. The lowest BCUT2D eigenvalue weighted by Crippen LogP contribution is -2.62. The maximum Gasteiger partial charge on any atom is 0.246 e. The van der Waals surface area contributed by atoms with E-state index in [0.717, 1.165) is 22.0 Å². The molecule has 4 rings (SSSR count). The van der Waals surface area contributed by atoms with Crippen LogP contribution in [0, 0.1) is 0 Å². The van der Waals surface area contributed by atoms with E-state index in [0.29, 0.717) is 13.0 Å². The van der Waals surface area contributed by atoms with E-state index in [1.807, 2.05) is 60.8 Å². The monoisotopic (exact) mass is 347 g/mol. The summed E-state index contributed by atoms with van der Waals surface area (Å²) in [6.07, 6.45) is 2.40. The van der Waals surface area contributed by atoms with Gasteiger partial charge in [-0.05, 0) is 24.1 Å². The molecule has 1 aliphatic rings. The Bertz CT molecular complexity index is 948. The van der Waals surface area contributed by atoms with E-state index < -0.39 is 12.1 Å². The van der Waals surface area contributed by atoms with Gasteiger partial charge in [-0.25, -0.2) is 0 Å². The molecule has 2 atom stereocenters. The first-order chi connectivity index (χ1) is 12.6. The number of nitrogens with one attached hydrogen (secondary N) is 2. The number of fused-ring (bicyclic) bond motifs is 1. The average molecular weight is 347 g/mol. The van der Waals surface area contributed by atoms with Gasteiger partial charge in [-0.2, -0.15) is 0 Å². The first-order valence-corrected chi connectivity index (χ1v) is 8.83. The lowest BCUT2D eigenvalue weighted by atomic mass is 9.99. The fraction of sp³-hybridized carbons (Fsp3) is 0.238. The summed E-state index contributed by atoms with van der Waals surface area (Å²) in [6, 6.07) is 16.7. The van der Waals surface area contributed by atoms with Crippen molar-refractivity contribution in [3.05, 3.63) is 71.9 Å². The summed E-state index contributed by atoms with van der Waals surface area (Å²) in [6.45, 7) is 2.22. The number of rotatable bonds is 4. The molecule has 0 radical (unpaired) electrons. The molecular formula is C21H21N3O2. The van der Waals surface area contributed by atoms with E-state index >= 15 is 0 Å². The molecule has 0 unspecified atom stereocenters. The number of hydrogen-bond donors (Lipinski definition) is 2. The summed E-state index contributed by atoms with van der Waals surface area (Å²) in [5, 5.41) is 3.98. The minimum atomic E-state index is -0.540. The SMILES string of the molecule is C[C@@H]1C(=O)N[C@H](Cc2c[nH]c3ccccc23)C(=O)N1Cc1ccccc1. The van der Waals surface area contributed by atoms with Gasteiger partial charge in [-0.3, -0.25) is 9.59 Å². The molecule has 0 saturated carbocycles. The summed E-state index contributed by atoms with van der Waals surface area (Å²) in [7, 11) is 0. The van der Waals surface area contributed by atoms with Gasteiger partial charge in [0.2, 0.25) is 11.8 Å². The van der Waals surface area contributed by atoms with Gasteiger partial charge < -0.3 is 15.2 Å². The third-order valence-electron chi connectivity index (χ3n) is 5.04. The molecule has 3 aromatic rings. The maximum absolute atomic E-state index is 13.0. The van der Waals surface area contributed by atoms with Gasteiger partial charge >= 0.3 is 0 Å². The van der Waals surface area contributed by atoms with Crippen LogP contribution in [0.5, 0.6) is 0 Å². The van der Waals surface area contributed by atoms with Gasteiger partial charge in [-0.15, -0.1) is 0 Å². The molecule has 132 valence electrons. The van der Waals surface area contributed by atoms with Crippen molar-refractivity contribution in [3.8, 4) is 0 Å². The van der Waals surface area contributed by atoms with E-state index in [4.69, 9.17) is 0 Å². The van der Waals surface area contributed by atoms with Crippen LogP contribution in [0.1, 0.15) is 18.1 Å². The number of aromatic amines is 1. The summed E-state index contributed by atoms with van der Waals surface area (Å²) < 4.78 is 0. The number of amides is 2. The van der Waals surface area contributed by atoms with Gasteiger partial charge in [0.25, 0.3) is 0 Å². The molecule has 5 nitrogen and oxygen atoms in total. The molecule has 2 aromatic carbocycles. The number of carbonyl (C=O) groups excluding carboxylic acids is 2. The Hall–Kier alpha value is -3.08. The standard InChI is InChI=1S/C21H21N3O2/c1-14-20(25)23-19(11-16-12-22-18-10-6-5-9-17(16)18)21(26)24(14)13-15-7-3-2-4-8-15/h2-10,12,14,19,22H,11,13H2,1H3,(H,23,25)/t14-,19-/m1/s1. The Kier molecular flexibility index (Phi) is 4.21. The normalized spacial score (nSPS) is 20.4. The Morgan fingerprint density at radius 3 is 2.54 bits per heavy atom. The summed E-state index contributed by atoms with van der Waals surface area (Å²) in [4.78, 5) is 30.4. The molecule has 1 aliphatic heterocycles. The first-order valence-electron chi connectivity index (χ1n) is 8.83. The van der Waals surface area contributed by atoms with Crippen molar-refractivity contribution in [3.63, 3.8) is 0 Å². The molecule has 26 heavy (non-hydrogen) atoms. The second-order valence-corrected chi connectivity index (χ2v) is 6.75. The van der Waals surface area contributed by atoms with E-state index in [2.05, 4.69) is 10.3 Å². The molecule has 1 saturated heterocycles. The van der Waals surface area contributed by atoms with Crippen LogP contribution >= 0.6 is 0 Å². The summed E-state index contributed by atoms with van der Waals surface area (Å²) in [5.74, 6) is -0.142. The van der Waals surface area contributed by atoms with Crippen LogP contribution < -0.4 is 5.32 Å². The summed E-state index contributed by atoms with van der Waals surface area (Å²) in [5.41, 5.74) is 3.09. The predicted molar refractivity (Wildman–Crippen MR) is 100 cm³/mol. The topological polar surface area (TPSA) is 65.2 Å². The maximum atomic E-state index is 13.0. The average Bonchev–Trinajstić information content (AvgIpc) is 3.07. The predicted octanol–water partition coefficient (Wildman–Crippen LogP) is 2.63. The molecule has 2 N–H and O–H groups in total. The van der Waals surface area contributed by atoms with Gasteiger partial charge in [0, 0.05) is 30.1 Å². The van der Waals surface area contributed by atoms with Crippen LogP contribution in [0.2, 0.25) is 0 Å². The van der Waals surface area contributed by atoms with Crippen molar-refractivity contribution in [1.82, 2.24) is 15.2 Å². The third kappa shape index (κ3) is 2.96. The van der Waals surface area contributed by atoms with Gasteiger partial charge in [0.05, 0.1) is 0 Å². The highest BCUT2D eigenvalue weighted by Crippen LogP contribution is 2.22. The van der Waals surface area contributed by atoms with E-state index in [1.54, 1.807) is 11.8 Å². The first kappa shape index (κ1) is 16.4. The van der Waals surface area contributed by atoms with Crippen molar-refractivity contribution in [2.24, 2.45) is 0 Å². The zero-order chi connectivity index (χ0) is 18.1. The van der Waals surface area contributed by atoms with Gasteiger partial charge in [0.1, 0.15) is 12.1 Å². The Balaban J connectivity index is 1.58. The van der Waals surface area contributed by atoms with E-state index in [-0.39, 0.29) is 11.8 Å². The molecule has 0 aliphatic carbocycles. The third-order valence-corrected chi connectivity index (χ3v) is 5.04. The van der Waals surface area contributed by atoms with E-state index in [1.165, 1.54) is 0 Å². The van der Waals surface area contributed by atoms with Gasteiger partial charge in [-0.1, -0.05) is 48.5 Å². The van der Waals surface area contributed by atoms with Crippen LogP contribution in [0.3, 0.4) is 0 Å². The fourth-order valence-electron chi connectivity index (χ4n) is 3.54. The summed E-state index contributed by atoms with van der Waals surface area (Å²) >= 11 is 0. The van der Waals surface area contributed by atoms with Crippen LogP contribution in [-0.4, -0.2) is 33.8 Å². The van der Waals surface area contributed by atoms with Crippen molar-refractivity contribution in [2.45, 2.75) is 32.0 Å². The molecular weight excluding hydrogens is 326 g/mol. The number of carbonyl (C=O) groups is 2. The number of aromatic nitrogens is 1. The molecule has 0 bridgehead atoms. The Morgan fingerprint density at radius 2 is 1.73 bits per heavy atom. The molecule has 1 fully saturated rings. The van der Waals surface area contributed by atoms with Crippen LogP contribution in [0.15, 0.2) is 60.8 Å². The molecule has 2 amide bonds. The number of benzene rings is 2. The number of piperazine rings is 1. The zero-order valence-electron chi connectivity index (χ0n) is 14.6. The quantitative estimate of drug-likeness (QED) is 0.762. The van der Waals surface area contributed by atoms with Crippen molar-refractivity contribution in [2.75, 3.05) is 0 Å². The fourth-order valence-corrected chi connectivity index (χ4v) is 3.54. The minimum Gasteiger partial charge on any atom is -0.361 e. The number of hydrogen-bond acceptors (Lipinski definition) is 2. The lowest BCUT2D eigenvalue weighted by Gasteiger charge is -2.37. The van der Waals surface area contributed by atoms with Crippen molar-refractivity contribution in [1.29, 1.82) is 0 Å². The largest absolute Gasteiger partial charge is 0.361 e. The molecule has 0 spiro atoms. The second kappa shape index (κ2) is 6.67. The van der Waals surface area contributed by atoms with Gasteiger partial charge in [0.15, 0.2) is 0 Å². The molecule has 2 heterocycles. The Labute approximate surface area is 152 Å². The van der Waals surface area contributed by atoms with Crippen molar-refractivity contribution < 1.29 is 9.59 Å². The second-order valence-electron chi connectivity index (χ2n) is 6.75. The molecule has 1 aromatic heterocycles. The highest BCUT2D eigenvalue weighted by Gasteiger charge is 2.38. The smallest absolute Gasteiger partial charge is 0.246 e. The van der Waals surface area contributed by atoms with Crippen molar-refractivity contribution >= 4 is 22.7 Å². The number of nitrogens with zero attached hydrogens (tertiary/aromatic N) is 1.